The Hall–Kier alpha value is -1.66. The first-order valence-electron chi connectivity index (χ1n) is 9.45. The fourth-order valence-corrected chi connectivity index (χ4v) is 3.49. The van der Waals surface area contributed by atoms with E-state index in [0.29, 0.717) is 24.5 Å². The van der Waals surface area contributed by atoms with Crippen LogP contribution in [0.1, 0.15) is 32.4 Å². The molecule has 0 amide bonds. The van der Waals surface area contributed by atoms with E-state index in [9.17, 15) is 4.39 Å². The highest BCUT2D eigenvalue weighted by atomic mass is 19.1. The summed E-state index contributed by atoms with van der Waals surface area (Å²) < 4.78 is 13.6. The minimum atomic E-state index is -0.203. The van der Waals surface area contributed by atoms with Crippen molar-refractivity contribution in [3.05, 3.63) is 35.6 Å². The van der Waals surface area contributed by atoms with E-state index in [1.54, 1.807) is 19.2 Å². The van der Waals surface area contributed by atoms with Crippen molar-refractivity contribution in [3.8, 4) is 0 Å². The molecular weight excluding hydrogens is 329 g/mol. The number of guanidine groups is 1. The topological polar surface area (TPSA) is 42.9 Å². The maximum atomic E-state index is 13.6. The van der Waals surface area contributed by atoms with Crippen LogP contribution in [0.15, 0.2) is 29.3 Å². The third kappa shape index (κ3) is 5.42. The molecule has 1 aliphatic rings. The first-order valence-corrected chi connectivity index (χ1v) is 9.45. The highest BCUT2D eigenvalue weighted by Crippen LogP contribution is 2.20. The van der Waals surface area contributed by atoms with Crippen LogP contribution in [0.25, 0.3) is 0 Å². The van der Waals surface area contributed by atoms with Gasteiger partial charge in [0.1, 0.15) is 5.82 Å². The van der Waals surface area contributed by atoms with Crippen LogP contribution < -0.4 is 10.6 Å². The van der Waals surface area contributed by atoms with Gasteiger partial charge >= 0.3 is 0 Å². The molecule has 26 heavy (non-hydrogen) atoms. The van der Waals surface area contributed by atoms with Gasteiger partial charge in [-0.05, 0) is 51.6 Å². The second-order valence-corrected chi connectivity index (χ2v) is 7.76. The fraction of sp³-hybridized carbons (Fsp3) is 0.650. The molecule has 2 N–H and O–H groups in total. The van der Waals surface area contributed by atoms with E-state index < -0.39 is 0 Å². The average Bonchev–Trinajstić information content (AvgIpc) is 2.95. The van der Waals surface area contributed by atoms with Crippen LogP contribution >= 0.6 is 0 Å². The van der Waals surface area contributed by atoms with Crippen molar-refractivity contribution in [1.29, 1.82) is 0 Å². The van der Waals surface area contributed by atoms with Gasteiger partial charge in [0.2, 0.25) is 0 Å². The Labute approximate surface area is 157 Å². The van der Waals surface area contributed by atoms with Crippen LogP contribution in [0, 0.1) is 11.7 Å². The summed E-state index contributed by atoms with van der Waals surface area (Å²) in [4.78, 5) is 8.96. The number of likely N-dealkylation sites (tertiary alicyclic amines) is 1. The highest BCUT2D eigenvalue weighted by molar-refractivity contribution is 5.80. The molecule has 0 bridgehead atoms. The van der Waals surface area contributed by atoms with Crippen molar-refractivity contribution in [2.75, 3.05) is 40.8 Å². The Morgan fingerprint density at radius 2 is 2.08 bits per heavy atom. The Balaban J connectivity index is 1.97. The molecule has 5 nitrogen and oxygen atoms in total. The summed E-state index contributed by atoms with van der Waals surface area (Å²) in [7, 11) is 5.81. The van der Waals surface area contributed by atoms with Crippen molar-refractivity contribution in [1.82, 2.24) is 20.4 Å². The Kier molecular flexibility index (Phi) is 7.41. The SMILES string of the molecule is CN=C(NCC(c1cccc(F)c1)N(C)C)NC1CN(C(C)C)CC1C. The predicted molar refractivity (Wildman–Crippen MR) is 107 cm³/mol. The molecule has 1 aromatic rings. The molecule has 6 heteroatoms. The molecule has 1 aromatic carbocycles. The molecule has 1 aliphatic heterocycles. The van der Waals surface area contributed by atoms with Gasteiger partial charge in [-0.3, -0.25) is 9.89 Å². The van der Waals surface area contributed by atoms with Crippen LogP contribution in [0.4, 0.5) is 4.39 Å². The normalized spacial score (nSPS) is 22.9. The van der Waals surface area contributed by atoms with Gasteiger partial charge in [-0.25, -0.2) is 4.39 Å². The Morgan fingerprint density at radius 3 is 2.62 bits per heavy atom. The number of aliphatic imine (C=N–C) groups is 1. The molecule has 3 atom stereocenters. The second-order valence-electron chi connectivity index (χ2n) is 7.76. The van der Waals surface area contributed by atoms with Crippen molar-refractivity contribution >= 4 is 5.96 Å². The zero-order chi connectivity index (χ0) is 19.3. The first kappa shape index (κ1) is 20.6. The maximum Gasteiger partial charge on any atom is 0.191 e. The fourth-order valence-electron chi connectivity index (χ4n) is 3.49. The first-order chi connectivity index (χ1) is 12.3. The summed E-state index contributed by atoms with van der Waals surface area (Å²) in [6, 6.07) is 7.81. The van der Waals surface area contributed by atoms with Crippen molar-refractivity contribution in [3.63, 3.8) is 0 Å². The quantitative estimate of drug-likeness (QED) is 0.601. The maximum absolute atomic E-state index is 13.6. The zero-order valence-electron chi connectivity index (χ0n) is 17.0. The lowest BCUT2D eigenvalue weighted by molar-refractivity contribution is 0.265. The van der Waals surface area contributed by atoms with Gasteiger partial charge in [-0.15, -0.1) is 0 Å². The van der Waals surface area contributed by atoms with Crippen LogP contribution in [-0.2, 0) is 0 Å². The van der Waals surface area contributed by atoms with Crippen molar-refractivity contribution in [2.45, 2.75) is 38.9 Å². The molecule has 0 radical (unpaired) electrons. The van der Waals surface area contributed by atoms with Gasteiger partial charge < -0.3 is 15.5 Å². The lowest BCUT2D eigenvalue weighted by Gasteiger charge is -2.27. The van der Waals surface area contributed by atoms with Crippen LogP contribution in [0.3, 0.4) is 0 Å². The predicted octanol–water partition coefficient (Wildman–Crippen LogP) is 2.32. The van der Waals surface area contributed by atoms with E-state index >= 15 is 0 Å². The molecule has 0 saturated carbocycles. The van der Waals surface area contributed by atoms with E-state index in [-0.39, 0.29) is 11.9 Å². The minimum absolute atomic E-state index is 0.0671. The van der Waals surface area contributed by atoms with Crippen LogP contribution in [0.2, 0.25) is 0 Å². The van der Waals surface area contributed by atoms with Crippen LogP contribution in [-0.4, -0.2) is 68.6 Å². The number of rotatable bonds is 6. The second kappa shape index (κ2) is 9.33. The minimum Gasteiger partial charge on any atom is -0.354 e. The summed E-state index contributed by atoms with van der Waals surface area (Å²) in [6.07, 6.45) is 0. The number of likely N-dealkylation sites (N-methyl/N-ethyl adjacent to an activating group) is 1. The monoisotopic (exact) mass is 363 g/mol. The van der Waals surface area contributed by atoms with E-state index in [4.69, 9.17) is 0 Å². The number of nitrogens with one attached hydrogen (secondary N) is 2. The van der Waals surface area contributed by atoms with Crippen LogP contribution in [0.5, 0.6) is 0 Å². The standard InChI is InChI=1S/C20H34FN5/c1-14(2)26-12-15(3)18(13-26)24-20(22-4)23-11-19(25(5)6)16-8-7-9-17(21)10-16/h7-10,14-15,18-19H,11-13H2,1-6H3,(H2,22,23,24). The largest absolute Gasteiger partial charge is 0.354 e. The van der Waals surface area contributed by atoms with E-state index in [1.165, 1.54) is 6.07 Å². The van der Waals surface area contributed by atoms with Gasteiger partial charge in [-0.1, -0.05) is 19.1 Å². The molecule has 1 heterocycles. The van der Waals surface area contributed by atoms with Gasteiger partial charge in [-0.2, -0.15) is 0 Å². The smallest absolute Gasteiger partial charge is 0.191 e. The van der Waals surface area contributed by atoms with Gasteiger partial charge in [0.05, 0.1) is 6.04 Å². The lowest BCUT2D eigenvalue weighted by atomic mass is 10.1. The zero-order valence-corrected chi connectivity index (χ0v) is 17.0. The summed E-state index contributed by atoms with van der Waals surface area (Å²) >= 11 is 0. The summed E-state index contributed by atoms with van der Waals surface area (Å²) in [6.45, 7) is 9.55. The highest BCUT2D eigenvalue weighted by Gasteiger charge is 2.31. The van der Waals surface area contributed by atoms with E-state index in [0.717, 1.165) is 24.6 Å². The van der Waals surface area contributed by atoms with Gasteiger partial charge in [0.25, 0.3) is 0 Å². The number of hydrogen-bond donors (Lipinski definition) is 2. The third-order valence-electron chi connectivity index (χ3n) is 5.24. The average molecular weight is 364 g/mol. The van der Waals surface area contributed by atoms with Crippen molar-refractivity contribution < 1.29 is 4.39 Å². The molecule has 0 aliphatic carbocycles. The Bertz CT molecular complexity index is 602. The molecule has 3 unspecified atom stereocenters. The van der Waals surface area contributed by atoms with E-state index in [2.05, 4.69) is 46.2 Å². The molecule has 1 saturated heterocycles. The lowest BCUT2D eigenvalue weighted by Crippen LogP contribution is -2.48. The summed E-state index contributed by atoms with van der Waals surface area (Å²) in [5, 5.41) is 6.98. The summed E-state index contributed by atoms with van der Waals surface area (Å²) in [5.41, 5.74) is 0.957. The number of hydrogen-bond acceptors (Lipinski definition) is 3. The summed E-state index contributed by atoms with van der Waals surface area (Å²) in [5.74, 6) is 1.17. The third-order valence-corrected chi connectivity index (χ3v) is 5.24. The number of benzene rings is 1. The molecule has 146 valence electrons. The number of halogens is 1. The van der Waals surface area contributed by atoms with Gasteiger partial charge in [0, 0.05) is 38.8 Å². The van der Waals surface area contributed by atoms with E-state index in [1.807, 2.05) is 20.2 Å². The Morgan fingerprint density at radius 1 is 1.35 bits per heavy atom. The molecule has 2 rings (SSSR count). The van der Waals surface area contributed by atoms with Crippen molar-refractivity contribution in [2.24, 2.45) is 10.9 Å². The molecule has 0 spiro atoms. The molecule has 1 fully saturated rings. The molecule has 0 aromatic heterocycles. The van der Waals surface area contributed by atoms with Gasteiger partial charge in [0.15, 0.2) is 5.96 Å². The number of nitrogens with zero attached hydrogens (tertiary/aromatic N) is 3. The molecular formula is C20H34FN5.